The van der Waals surface area contributed by atoms with Gasteiger partial charge in [-0.1, -0.05) is 27.7 Å². The molecule has 1 atom stereocenters. The number of aliphatic hydroxyl groups is 1. The molecule has 25 heavy (non-hydrogen) atoms. The van der Waals surface area contributed by atoms with Crippen LogP contribution in [0.25, 0.3) is 6.08 Å². The molecule has 0 amide bonds. The minimum atomic E-state index is -1.01. The fraction of sp³-hybridized carbons (Fsp3) is 0.556. The maximum absolute atomic E-state index is 11.6. The molecule has 1 fully saturated rings. The van der Waals surface area contributed by atoms with Gasteiger partial charge in [-0.2, -0.15) is 0 Å². The average molecular weight is 359 g/mol. The highest BCUT2D eigenvalue weighted by Gasteiger charge is 2.51. The second-order valence-electron chi connectivity index (χ2n) is 7.70. The van der Waals surface area contributed by atoms with Crippen LogP contribution in [0.2, 0.25) is 0 Å². The molecule has 0 spiro atoms. The van der Waals surface area contributed by atoms with E-state index in [1.165, 1.54) is 0 Å². The van der Waals surface area contributed by atoms with E-state index in [0.717, 1.165) is 29.8 Å². The largest absolute Gasteiger partial charge is 0.383 e. The second-order valence-corrected chi connectivity index (χ2v) is 8.06. The molecule has 2 aromatic rings. The molecule has 1 aliphatic rings. The molecule has 0 aliphatic heterocycles. The van der Waals surface area contributed by atoms with Crippen LogP contribution in [0.1, 0.15) is 57.8 Å². The number of rotatable bonds is 4. The zero-order valence-corrected chi connectivity index (χ0v) is 16.0. The monoisotopic (exact) mass is 359 g/mol. The first kappa shape index (κ1) is 17.9. The van der Waals surface area contributed by atoms with Crippen molar-refractivity contribution < 1.29 is 5.11 Å². The van der Waals surface area contributed by atoms with Crippen LogP contribution in [-0.2, 0) is 6.54 Å². The van der Waals surface area contributed by atoms with E-state index >= 15 is 0 Å². The fourth-order valence-electron chi connectivity index (χ4n) is 3.35. The Morgan fingerprint density at radius 3 is 2.56 bits per heavy atom. The summed E-state index contributed by atoms with van der Waals surface area (Å²) < 4.78 is 2.16. The third-order valence-corrected chi connectivity index (χ3v) is 5.55. The van der Waals surface area contributed by atoms with Crippen LogP contribution >= 0.6 is 12.2 Å². The first-order valence-corrected chi connectivity index (χ1v) is 8.99. The third kappa shape index (κ3) is 3.30. The van der Waals surface area contributed by atoms with Crippen molar-refractivity contribution in [3.8, 4) is 0 Å². The van der Waals surface area contributed by atoms with Gasteiger partial charge >= 0.3 is 0 Å². The van der Waals surface area contributed by atoms with E-state index in [0.29, 0.717) is 17.2 Å². The summed E-state index contributed by atoms with van der Waals surface area (Å²) in [6, 6.07) is 0. The summed E-state index contributed by atoms with van der Waals surface area (Å²) in [5, 5.41) is 14.5. The number of aromatic amines is 1. The van der Waals surface area contributed by atoms with Crippen LogP contribution in [0, 0.1) is 10.2 Å². The van der Waals surface area contributed by atoms with Crippen molar-refractivity contribution in [1.82, 2.24) is 24.7 Å². The molecule has 6 nitrogen and oxygen atoms in total. The molecule has 2 heterocycles. The molecule has 0 radical (unpaired) electrons. The van der Waals surface area contributed by atoms with Crippen molar-refractivity contribution in [2.24, 2.45) is 5.41 Å². The molecule has 7 heteroatoms. The molecule has 2 aromatic heterocycles. The predicted octanol–water partition coefficient (Wildman–Crippen LogP) is 3.49. The smallest absolute Gasteiger partial charge is 0.215 e. The average Bonchev–Trinajstić information content (AvgIpc) is 3.04. The standard InChI is InChI=1S/C18H25N5OS/c1-12(2)15-19-8-13(9-20-15)7-14-5-6-17(3,4)18(14,24)10-23-16(25)21-11-22-23/h7-9,11-12,24H,5-6,10H2,1-4H3,(H,21,22,25)/b14-7+. The highest BCUT2D eigenvalue weighted by atomic mass is 32.1. The van der Waals surface area contributed by atoms with Crippen LogP contribution in [0.3, 0.4) is 0 Å². The van der Waals surface area contributed by atoms with Gasteiger partial charge in [0, 0.05) is 23.9 Å². The molecule has 3 rings (SSSR count). The van der Waals surface area contributed by atoms with Gasteiger partial charge < -0.3 is 5.11 Å². The minimum Gasteiger partial charge on any atom is -0.383 e. The van der Waals surface area contributed by atoms with Crippen molar-refractivity contribution in [2.45, 2.75) is 58.6 Å². The van der Waals surface area contributed by atoms with Gasteiger partial charge in [0.15, 0.2) is 0 Å². The van der Waals surface area contributed by atoms with Gasteiger partial charge in [0.2, 0.25) is 4.77 Å². The van der Waals surface area contributed by atoms with Crippen LogP contribution < -0.4 is 0 Å². The topological polar surface area (TPSA) is 79.6 Å². The lowest BCUT2D eigenvalue weighted by atomic mass is 9.76. The molecule has 0 aromatic carbocycles. The zero-order chi connectivity index (χ0) is 18.2. The van der Waals surface area contributed by atoms with E-state index in [2.05, 4.69) is 47.7 Å². The lowest BCUT2D eigenvalue weighted by molar-refractivity contribution is -0.0301. The molecule has 1 aliphatic carbocycles. The van der Waals surface area contributed by atoms with Crippen molar-refractivity contribution in [3.05, 3.63) is 40.5 Å². The fourth-order valence-corrected chi connectivity index (χ4v) is 3.52. The van der Waals surface area contributed by atoms with Crippen molar-refractivity contribution in [3.63, 3.8) is 0 Å². The van der Waals surface area contributed by atoms with E-state index in [9.17, 15) is 5.11 Å². The van der Waals surface area contributed by atoms with E-state index < -0.39 is 5.60 Å². The van der Waals surface area contributed by atoms with E-state index in [-0.39, 0.29) is 5.41 Å². The Kier molecular flexibility index (Phi) is 4.64. The van der Waals surface area contributed by atoms with Gasteiger partial charge in [0.05, 0.1) is 6.54 Å². The number of hydrogen-bond acceptors (Lipinski definition) is 5. The van der Waals surface area contributed by atoms with Crippen LogP contribution in [0.5, 0.6) is 0 Å². The molecule has 1 unspecified atom stereocenters. The Bertz CT molecular complexity index is 834. The van der Waals surface area contributed by atoms with Gasteiger partial charge in [-0.3, -0.25) is 9.78 Å². The van der Waals surface area contributed by atoms with E-state index in [4.69, 9.17) is 12.2 Å². The Morgan fingerprint density at radius 1 is 1.32 bits per heavy atom. The molecule has 0 saturated heterocycles. The Morgan fingerprint density at radius 2 is 2.00 bits per heavy atom. The van der Waals surface area contributed by atoms with Gasteiger partial charge in [-0.15, -0.1) is 0 Å². The quantitative estimate of drug-likeness (QED) is 0.817. The first-order chi connectivity index (χ1) is 11.7. The number of nitrogens with one attached hydrogen (secondary N) is 1. The maximum atomic E-state index is 11.6. The van der Waals surface area contributed by atoms with E-state index in [1.54, 1.807) is 11.0 Å². The summed E-state index contributed by atoms with van der Waals surface area (Å²) in [7, 11) is 0. The lowest BCUT2D eigenvalue weighted by Crippen LogP contribution is -2.45. The molecular formula is C18H25N5OS. The summed E-state index contributed by atoms with van der Waals surface area (Å²) in [6.45, 7) is 8.67. The SMILES string of the molecule is CC(C)c1ncc(/C=C2\CCC(C)(C)C2(O)Cn2[nH]cnc2=S)cn1. The normalized spacial score (nSPS) is 24.3. The van der Waals surface area contributed by atoms with Crippen molar-refractivity contribution in [1.29, 1.82) is 0 Å². The number of hydrogen-bond donors (Lipinski definition) is 2. The Labute approximate surface area is 153 Å². The molecule has 134 valence electrons. The second kappa shape index (κ2) is 6.46. The summed E-state index contributed by atoms with van der Waals surface area (Å²) in [5.41, 5.74) is 0.616. The van der Waals surface area contributed by atoms with Crippen LogP contribution in [0.15, 0.2) is 24.3 Å². The molecule has 1 saturated carbocycles. The van der Waals surface area contributed by atoms with Gasteiger partial charge in [-0.05, 0) is 42.1 Å². The maximum Gasteiger partial charge on any atom is 0.215 e. The first-order valence-electron chi connectivity index (χ1n) is 8.58. The highest BCUT2D eigenvalue weighted by Crippen LogP contribution is 2.50. The number of aromatic nitrogens is 5. The van der Waals surface area contributed by atoms with Gasteiger partial charge in [0.25, 0.3) is 0 Å². The number of H-pyrrole nitrogens is 1. The summed E-state index contributed by atoms with van der Waals surface area (Å²) in [6.07, 6.45) is 8.94. The summed E-state index contributed by atoms with van der Waals surface area (Å²) >= 11 is 5.22. The zero-order valence-electron chi connectivity index (χ0n) is 15.2. The third-order valence-electron chi connectivity index (χ3n) is 5.23. The molecular weight excluding hydrogens is 334 g/mol. The highest BCUT2D eigenvalue weighted by molar-refractivity contribution is 7.71. The number of nitrogens with zero attached hydrogens (tertiary/aromatic N) is 4. The van der Waals surface area contributed by atoms with Crippen molar-refractivity contribution in [2.75, 3.05) is 0 Å². The Balaban J connectivity index is 1.96. The van der Waals surface area contributed by atoms with Crippen LogP contribution in [-0.4, -0.2) is 35.4 Å². The van der Waals surface area contributed by atoms with E-state index in [1.807, 2.05) is 18.5 Å². The van der Waals surface area contributed by atoms with Gasteiger partial charge in [0.1, 0.15) is 17.8 Å². The van der Waals surface area contributed by atoms with Crippen molar-refractivity contribution >= 4 is 18.3 Å². The Hall–Kier alpha value is -1.86. The molecule has 0 bridgehead atoms. The lowest BCUT2D eigenvalue weighted by Gasteiger charge is -2.37. The summed E-state index contributed by atoms with van der Waals surface area (Å²) in [5.74, 6) is 1.12. The summed E-state index contributed by atoms with van der Waals surface area (Å²) in [4.78, 5) is 12.9. The molecule has 2 N–H and O–H groups in total. The van der Waals surface area contributed by atoms with Crippen LogP contribution in [0.4, 0.5) is 0 Å². The minimum absolute atomic E-state index is 0.266. The van der Waals surface area contributed by atoms with Gasteiger partial charge in [-0.25, -0.2) is 15.0 Å². The predicted molar refractivity (Wildman–Crippen MR) is 99.5 cm³/mol.